The van der Waals surface area contributed by atoms with Crippen LogP contribution in [-0.4, -0.2) is 5.11 Å². The van der Waals surface area contributed by atoms with E-state index in [0.29, 0.717) is 12.0 Å². The third-order valence-corrected chi connectivity index (χ3v) is 2.75. The van der Waals surface area contributed by atoms with Gasteiger partial charge in [0.15, 0.2) is 5.75 Å². The van der Waals surface area contributed by atoms with E-state index in [9.17, 15) is 17.6 Å². The molecular formula is C15H10F4O2. The van der Waals surface area contributed by atoms with Gasteiger partial charge in [-0.15, -0.1) is 6.58 Å². The van der Waals surface area contributed by atoms with Gasteiger partial charge in [-0.3, -0.25) is 0 Å². The van der Waals surface area contributed by atoms with Crippen molar-refractivity contribution in [1.82, 2.24) is 0 Å². The molecule has 0 fully saturated rings. The second-order valence-electron chi connectivity index (χ2n) is 4.14. The summed E-state index contributed by atoms with van der Waals surface area (Å²) in [5, 5.41) is 8.90. The van der Waals surface area contributed by atoms with Crippen LogP contribution >= 0.6 is 0 Å². The molecule has 0 aliphatic rings. The fraction of sp³-hybridized carbons (Fsp3) is 0.0667. The van der Waals surface area contributed by atoms with Crippen LogP contribution in [0.4, 0.5) is 17.6 Å². The second-order valence-corrected chi connectivity index (χ2v) is 4.14. The Labute approximate surface area is 117 Å². The van der Waals surface area contributed by atoms with Crippen molar-refractivity contribution in [3.8, 4) is 17.2 Å². The highest BCUT2D eigenvalue weighted by atomic mass is 19.2. The largest absolute Gasteiger partial charge is 0.503 e. The maximum Gasteiger partial charge on any atom is 0.208 e. The highest BCUT2D eigenvalue weighted by Crippen LogP contribution is 2.37. The molecule has 2 rings (SSSR count). The topological polar surface area (TPSA) is 29.5 Å². The first-order chi connectivity index (χ1) is 9.97. The highest BCUT2D eigenvalue weighted by Gasteiger charge is 2.27. The second kappa shape index (κ2) is 5.87. The van der Waals surface area contributed by atoms with Crippen LogP contribution in [0.3, 0.4) is 0 Å². The molecule has 0 unspecified atom stereocenters. The molecule has 0 heterocycles. The third kappa shape index (κ3) is 2.69. The standard InChI is InChI=1S/C15H10F4O2/c1-2-5-8-6-3-4-7-9(8)21-15-12(18)10(16)14(20)11(17)13(15)19/h2-4,6-7,20H,1,5H2. The minimum Gasteiger partial charge on any atom is -0.503 e. The molecular weight excluding hydrogens is 288 g/mol. The average Bonchev–Trinajstić information content (AvgIpc) is 2.49. The van der Waals surface area contributed by atoms with E-state index in [1.165, 1.54) is 18.2 Å². The quantitative estimate of drug-likeness (QED) is 0.512. The van der Waals surface area contributed by atoms with Crippen molar-refractivity contribution in [2.75, 3.05) is 0 Å². The molecule has 0 saturated carbocycles. The van der Waals surface area contributed by atoms with Gasteiger partial charge in [0.25, 0.3) is 0 Å². The van der Waals surface area contributed by atoms with Crippen molar-refractivity contribution in [2.45, 2.75) is 6.42 Å². The molecule has 0 radical (unpaired) electrons. The van der Waals surface area contributed by atoms with Crippen molar-refractivity contribution in [3.63, 3.8) is 0 Å². The van der Waals surface area contributed by atoms with E-state index in [-0.39, 0.29) is 5.75 Å². The van der Waals surface area contributed by atoms with E-state index in [0.717, 1.165) is 0 Å². The normalized spacial score (nSPS) is 10.5. The lowest BCUT2D eigenvalue weighted by Crippen LogP contribution is -2.01. The number of aromatic hydroxyl groups is 1. The van der Waals surface area contributed by atoms with Gasteiger partial charge >= 0.3 is 0 Å². The first kappa shape index (κ1) is 14.9. The summed E-state index contributed by atoms with van der Waals surface area (Å²) >= 11 is 0. The number of rotatable bonds is 4. The van der Waals surface area contributed by atoms with Gasteiger partial charge in [-0.05, 0) is 18.1 Å². The van der Waals surface area contributed by atoms with E-state index in [4.69, 9.17) is 9.84 Å². The third-order valence-electron chi connectivity index (χ3n) is 2.75. The molecule has 110 valence electrons. The Morgan fingerprint density at radius 2 is 1.57 bits per heavy atom. The number of para-hydroxylation sites is 1. The summed E-state index contributed by atoms with van der Waals surface area (Å²) in [6.45, 7) is 3.52. The number of hydrogen-bond donors (Lipinski definition) is 1. The van der Waals surface area contributed by atoms with Gasteiger partial charge in [0, 0.05) is 0 Å². The average molecular weight is 298 g/mol. The van der Waals surface area contributed by atoms with Crippen molar-refractivity contribution < 1.29 is 27.4 Å². The molecule has 0 aliphatic heterocycles. The zero-order valence-corrected chi connectivity index (χ0v) is 10.7. The Morgan fingerprint density at radius 3 is 2.14 bits per heavy atom. The lowest BCUT2D eigenvalue weighted by molar-refractivity contribution is 0.324. The number of phenols is 1. The Hall–Kier alpha value is -2.50. The van der Waals surface area contributed by atoms with Crippen molar-refractivity contribution in [3.05, 3.63) is 65.8 Å². The smallest absolute Gasteiger partial charge is 0.208 e. The summed E-state index contributed by atoms with van der Waals surface area (Å²) in [6, 6.07) is 6.20. The van der Waals surface area contributed by atoms with E-state index < -0.39 is 34.8 Å². The van der Waals surface area contributed by atoms with Crippen LogP contribution in [0.2, 0.25) is 0 Å². The van der Waals surface area contributed by atoms with E-state index >= 15 is 0 Å². The summed E-state index contributed by atoms with van der Waals surface area (Å²) in [5.41, 5.74) is 0.528. The van der Waals surface area contributed by atoms with Crippen molar-refractivity contribution in [1.29, 1.82) is 0 Å². The first-order valence-corrected chi connectivity index (χ1v) is 5.89. The molecule has 0 aliphatic carbocycles. The van der Waals surface area contributed by atoms with Gasteiger partial charge in [0.1, 0.15) is 5.75 Å². The molecule has 2 aromatic carbocycles. The number of allylic oxidation sites excluding steroid dienone is 1. The SMILES string of the molecule is C=CCc1ccccc1Oc1c(F)c(F)c(O)c(F)c1F. The number of halogens is 4. The maximum absolute atomic E-state index is 13.6. The summed E-state index contributed by atoms with van der Waals surface area (Å²) < 4.78 is 58.7. The molecule has 0 aromatic heterocycles. The van der Waals surface area contributed by atoms with E-state index in [2.05, 4.69) is 6.58 Å². The predicted molar refractivity (Wildman–Crippen MR) is 68.4 cm³/mol. The molecule has 0 saturated heterocycles. The van der Waals surface area contributed by atoms with E-state index in [1.807, 2.05) is 0 Å². The number of ether oxygens (including phenoxy) is 1. The zero-order chi connectivity index (χ0) is 15.6. The lowest BCUT2D eigenvalue weighted by atomic mass is 10.1. The lowest BCUT2D eigenvalue weighted by Gasteiger charge is -2.12. The van der Waals surface area contributed by atoms with Crippen LogP contribution in [0.1, 0.15) is 5.56 Å². The Balaban J connectivity index is 2.53. The van der Waals surface area contributed by atoms with E-state index in [1.54, 1.807) is 12.1 Å². The summed E-state index contributed by atoms with van der Waals surface area (Å²) in [5.74, 6) is -10.4. The van der Waals surface area contributed by atoms with Crippen LogP contribution in [0.5, 0.6) is 17.2 Å². The van der Waals surface area contributed by atoms with Gasteiger partial charge in [0.05, 0.1) is 0 Å². The Bertz CT molecular complexity index is 669. The number of hydrogen-bond acceptors (Lipinski definition) is 2. The zero-order valence-electron chi connectivity index (χ0n) is 10.7. The highest BCUT2D eigenvalue weighted by molar-refractivity contribution is 5.43. The molecule has 0 amide bonds. The number of phenolic OH excluding ortho intramolecular Hbond substituents is 1. The predicted octanol–water partition coefficient (Wildman–Crippen LogP) is 4.47. The van der Waals surface area contributed by atoms with Crippen LogP contribution in [-0.2, 0) is 6.42 Å². The van der Waals surface area contributed by atoms with Crippen LogP contribution < -0.4 is 4.74 Å². The van der Waals surface area contributed by atoms with Gasteiger partial charge < -0.3 is 9.84 Å². The van der Waals surface area contributed by atoms with Gasteiger partial charge in [0.2, 0.25) is 29.0 Å². The fourth-order valence-corrected chi connectivity index (χ4v) is 1.73. The minimum absolute atomic E-state index is 0.0275. The molecule has 0 spiro atoms. The fourth-order valence-electron chi connectivity index (χ4n) is 1.73. The first-order valence-electron chi connectivity index (χ1n) is 5.89. The molecule has 0 atom stereocenters. The number of benzene rings is 2. The van der Waals surface area contributed by atoms with Gasteiger partial charge in [-0.1, -0.05) is 24.3 Å². The molecule has 1 N–H and O–H groups in total. The monoisotopic (exact) mass is 298 g/mol. The molecule has 6 heteroatoms. The van der Waals surface area contributed by atoms with Gasteiger partial charge in [-0.25, -0.2) is 0 Å². The Kier molecular flexibility index (Phi) is 4.16. The molecule has 21 heavy (non-hydrogen) atoms. The van der Waals surface area contributed by atoms with Crippen molar-refractivity contribution >= 4 is 0 Å². The van der Waals surface area contributed by atoms with Crippen LogP contribution in [0, 0.1) is 23.3 Å². The Morgan fingerprint density at radius 1 is 1.00 bits per heavy atom. The van der Waals surface area contributed by atoms with Gasteiger partial charge in [-0.2, -0.15) is 17.6 Å². The molecule has 2 aromatic rings. The summed E-state index contributed by atoms with van der Waals surface area (Å²) in [6.07, 6.45) is 1.87. The summed E-state index contributed by atoms with van der Waals surface area (Å²) in [7, 11) is 0. The minimum atomic E-state index is -1.91. The molecule has 2 nitrogen and oxygen atoms in total. The maximum atomic E-state index is 13.6. The summed E-state index contributed by atoms with van der Waals surface area (Å²) in [4.78, 5) is 0. The van der Waals surface area contributed by atoms with Crippen LogP contribution in [0.25, 0.3) is 0 Å². The molecule has 0 bridgehead atoms. The van der Waals surface area contributed by atoms with Crippen LogP contribution in [0.15, 0.2) is 36.9 Å². The van der Waals surface area contributed by atoms with Crippen molar-refractivity contribution in [2.24, 2.45) is 0 Å².